The summed E-state index contributed by atoms with van der Waals surface area (Å²) in [5.74, 6) is 1.25. The maximum Gasteiger partial charge on any atom is 0.187 e. The number of nitrogens with two attached hydrogens (primary N) is 1. The molecule has 0 spiro atoms. The molecule has 0 radical (unpaired) electrons. The van der Waals surface area contributed by atoms with Crippen molar-refractivity contribution < 1.29 is 4.21 Å². The Kier molecular flexibility index (Phi) is 3.33. The van der Waals surface area contributed by atoms with Crippen LogP contribution in [0.15, 0.2) is 0 Å². The number of rotatable bonds is 4. The molecule has 1 rings (SSSR count). The zero-order valence-corrected chi connectivity index (χ0v) is 9.41. The molecule has 2 N–H and O–H groups in total. The van der Waals surface area contributed by atoms with E-state index in [1.54, 1.807) is 7.05 Å². The Balaban J connectivity index is 2.50. The van der Waals surface area contributed by atoms with Gasteiger partial charge < -0.3 is 5.73 Å². The van der Waals surface area contributed by atoms with E-state index >= 15 is 0 Å². The molecule has 1 heterocycles. The molecule has 80 valence electrons. The monoisotopic (exact) mass is 217 g/mol. The minimum Gasteiger partial charge on any atom is -0.325 e. The van der Waals surface area contributed by atoms with Gasteiger partial charge in [-0.1, -0.05) is 0 Å². The third-order valence-corrected chi connectivity index (χ3v) is 3.02. The first kappa shape index (κ1) is 11.3. The van der Waals surface area contributed by atoms with Crippen LogP contribution >= 0.6 is 0 Å². The van der Waals surface area contributed by atoms with Gasteiger partial charge >= 0.3 is 0 Å². The lowest BCUT2D eigenvalue weighted by molar-refractivity contribution is 0.577. The van der Waals surface area contributed by atoms with E-state index in [4.69, 9.17) is 5.73 Å². The van der Waals surface area contributed by atoms with Crippen LogP contribution in [0, 0.1) is 0 Å². The lowest BCUT2D eigenvalue weighted by Gasteiger charge is -2.16. The highest BCUT2D eigenvalue weighted by atomic mass is 32.2. The molecule has 1 unspecified atom stereocenters. The molecule has 1 aromatic heterocycles. The van der Waals surface area contributed by atoms with Crippen molar-refractivity contribution in [3.05, 3.63) is 5.82 Å². The maximum absolute atomic E-state index is 11.6. The Morgan fingerprint density at radius 2 is 2.21 bits per heavy atom. The molecule has 14 heavy (non-hydrogen) atoms. The summed E-state index contributed by atoms with van der Waals surface area (Å²) in [6, 6.07) is 0. The van der Waals surface area contributed by atoms with Crippen molar-refractivity contribution in [3.63, 3.8) is 0 Å². The normalized spacial score (nSPS) is 14.3. The van der Waals surface area contributed by atoms with Crippen LogP contribution in [0.5, 0.6) is 0 Å². The minimum atomic E-state index is -1.03. The summed E-state index contributed by atoms with van der Waals surface area (Å²) in [6.45, 7) is 3.68. The van der Waals surface area contributed by atoms with Gasteiger partial charge in [0, 0.05) is 22.1 Å². The molecule has 0 aliphatic carbocycles. The Morgan fingerprint density at radius 3 is 2.64 bits per heavy atom. The van der Waals surface area contributed by atoms with Gasteiger partial charge in [0.25, 0.3) is 0 Å². The Hall–Kier alpha value is -0.820. The number of aryl methyl sites for hydroxylation is 1. The zero-order valence-electron chi connectivity index (χ0n) is 8.60. The molecule has 0 fully saturated rings. The average molecular weight is 217 g/mol. The summed E-state index contributed by atoms with van der Waals surface area (Å²) >= 11 is 0. The van der Waals surface area contributed by atoms with Gasteiger partial charge in [0.1, 0.15) is 0 Å². The van der Waals surface area contributed by atoms with E-state index in [0.29, 0.717) is 17.3 Å². The van der Waals surface area contributed by atoms with Crippen molar-refractivity contribution >= 4 is 10.8 Å². The van der Waals surface area contributed by atoms with Gasteiger partial charge in [0.15, 0.2) is 5.82 Å². The van der Waals surface area contributed by atoms with Crippen LogP contribution in [0.25, 0.3) is 0 Å². The van der Waals surface area contributed by atoms with Crippen molar-refractivity contribution in [1.29, 1.82) is 0 Å². The Labute approximate surface area is 85.3 Å². The SMILES string of the molecule is Cn1nnc(CS(=O)CC(C)(C)N)n1. The fourth-order valence-electron chi connectivity index (χ4n) is 0.991. The minimum absolute atomic E-state index is 0.314. The first-order valence-electron chi connectivity index (χ1n) is 4.23. The van der Waals surface area contributed by atoms with Crippen molar-refractivity contribution in [1.82, 2.24) is 20.2 Å². The van der Waals surface area contributed by atoms with Crippen molar-refractivity contribution in [2.45, 2.75) is 25.1 Å². The highest BCUT2D eigenvalue weighted by molar-refractivity contribution is 7.84. The summed E-state index contributed by atoms with van der Waals surface area (Å²) < 4.78 is 11.6. The molecular formula is C7H15N5OS. The van der Waals surface area contributed by atoms with E-state index in [-0.39, 0.29) is 0 Å². The maximum atomic E-state index is 11.6. The number of nitrogens with zero attached hydrogens (tertiary/aromatic N) is 4. The quantitative estimate of drug-likeness (QED) is 0.713. The van der Waals surface area contributed by atoms with E-state index in [2.05, 4.69) is 15.4 Å². The van der Waals surface area contributed by atoms with E-state index in [9.17, 15) is 4.21 Å². The molecular weight excluding hydrogens is 202 g/mol. The van der Waals surface area contributed by atoms with Crippen LogP contribution in [0.3, 0.4) is 0 Å². The molecule has 0 aliphatic heterocycles. The fraction of sp³-hybridized carbons (Fsp3) is 0.857. The van der Waals surface area contributed by atoms with Crippen LogP contribution in [-0.2, 0) is 23.6 Å². The molecule has 6 nitrogen and oxygen atoms in total. The predicted octanol–water partition coefficient (Wildman–Crippen LogP) is -0.804. The van der Waals surface area contributed by atoms with Crippen LogP contribution in [-0.4, -0.2) is 35.7 Å². The number of hydrogen-bond donors (Lipinski definition) is 1. The standard InChI is InChI=1S/C7H15N5OS/c1-7(2,8)5-14(13)4-6-9-11-12(3)10-6/h4-5,8H2,1-3H3. The smallest absolute Gasteiger partial charge is 0.187 e. The lowest BCUT2D eigenvalue weighted by Crippen LogP contribution is -2.38. The third-order valence-electron chi connectivity index (χ3n) is 1.37. The van der Waals surface area contributed by atoms with Crippen LogP contribution < -0.4 is 5.73 Å². The second-order valence-corrected chi connectivity index (χ2v) is 5.37. The molecule has 1 aromatic rings. The molecule has 0 amide bonds. The molecule has 0 bridgehead atoms. The van der Waals surface area contributed by atoms with E-state index in [0.717, 1.165) is 0 Å². The highest BCUT2D eigenvalue weighted by Crippen LogP contribution is 2.03. The lowest BCUT2D eigenvalue weighted by atomic mass is 10.1. The largest absolute Gasteiger partial charge is 0.325 e. The van der Waals surface area contributed by atoms with Crippen molar-refractivity contribution in [2.75, 3.05) is 5.75 Å². The molecule has 0 aromatic carbocycles. The van der Waals surface area contributed by atoms with Gasteiger partial charge in [-0.05, 0) is 19.1 Å². The van der Waals surface area contributed by atoms with E-state index < -0.39 is 16.3 Å². The van der Waals surface area contributed by atoms with E-state index in [1.807, 2.05) is 13.8 Å². The number of tetrazole rings is 1. The summed E-state index contributed by atoms with van der Waals surface area (Å²) in [6.07, 6.45) is 0. The predicted molar refractivity (Wildman–Crippen MR) is 53.8 cm³/mol. The van der Waals surface area contributed by atoms with Gasteiger partial charge in [-0.25, -0.2) is 0 Å². The van der Waals surface area contributed by atoms with Crippen LogP contribution in [0.1, 0.15) is 19.7 Å². The first-order valence-corrected chi connectivity index (χ1v) is 5.72. The topological polar surface area (TPSA) is 86.7 Å². The summed E-state index contributed by atoms with van der Waals surface area (Å²) in [7, 11) is 0.642. The highest BCUT2D eigenvalue weighted by Gasteiger charge is 2.16. The van der Waals surface area contributed by atoms with Gasteiger partial charge in [0.2, 0.25) is 0 Å². The summed E-state index contributed by atoms with van der Waals surface area (Å²) in [5.41, 5.74) is 5.32. The van der Waals surface area contributed by atoms with Gasteiger partial charge in [-0.2, -0.15) is 4.80 Å². The average Bonchev–Trinajstić information content (AvgIpc) is 2.30. The number of aromatic nitrogens is 4. The third kappa shape index (κ3) is 3.93. The number of hydrogen-bond acceptors (Lipinski definition) is 5. The van der Waals surface area contributed by atoms with Crippen LogP contribution in [0.4, 0.5) is 0 Å². The molecule has 0 saturated carbocycles. The molecule has 7 heteroatoms. The second-order valence-electron chi connectivity index (χ2n) is 3.91. The van der Waals surface area contributed by atoms with E-state index in [1.165, 1.54) is 4.80 Å². The van der Waals surface area contributed by atoms with Crippen molar-refractivity contribution in [3.8, 4) is 0 Å². The van der Waals surface area contributed by atoms with Gasteiger partial charge in [0.05, 0.1) is 12.8 Å². The summed E-state index contributed by atoms with van der Waals surface area (Å²) in [4.78, 5) is 1.35. The van der Waals surface area contributed by atoms with Crippen LogP contribution in [0.2, 0.25) is 0 Å². The fourth-order valence-corrected chi connectivity index (χ4v) is 2.33. The van der Waals surface area contributed by atoms with Gasteiger partial charge in [-0.3, -0.25) is 4.21 Å². The molecule has 0 aliphatic rings. The Morgan fingerprint density at radius 1 is 1.57 bits per heavy atom. The van der Waals surface area contributed by atoms with Crippen molar-refractivity contribution in [2.24, 2.45) is 12.8 Å². The second kappa shape index (κ2) is 4.14. The molecule has 1 atom stereocenters. The first-order chi connectivity index (χ1) is 6.37. The summed E-state index contributed by atoms with van der Waals surface area (Å²) in [5, 5.41) is 11.4. The molecule has 0 saturated heterocycles. The van der Waals surface area contributed by atoms with Gasteiger partial charge in [-0.15, -0.1) is 10.2 Å². The Bertz CT molecular complexity index is 329. The zero-order chi connectivity index (χ0) is 10.8.